The predicted molar refractivity (Wildman–Crippen MR) is 108 cm³/mol. The highest BCUT2D eigenvalue weighted by molar-refractivity contribution is 14.1. The van der Waals surface area contributed by atoms with Gasteiger partial charge in [0.1, 0.15) is 5.75 Å². The highest BCUT2D eigenvalue weighted by Crippen LogP contribution is 2.25. The molecular weight excluding hydrogens is 609 g/mol. The minimum Gasteiger partial charge on any atom is -0.506 e. The fourth-order valence-corrected chi connectivity index (χ4v) is 3.76. The van der Waals surface area contributed by atoms with Crippen LogP contribution in [0.4, 0.5) is 0 Å². The molecule has 2 aromatic rings. The van der Waals surface area contributed by atoms with Crippen LogP contribution in [-0.4, -0.2) is 17.2 Å². The number of phenols is 1. The first-order valence-electron chi connectivity index (χ1n) is 5.74. The lowest BCUT2D eigenvalue weighted by atomic mass is 10.2. The van der Waals surface area contributed by atoms with E-state index in [4.69, 9.17) is 0 Å². The van der Waals surface area contributed by atoms with Gasteiger partial charge in [0.15, 0.2) is 0 Å². The molecule has 0 spiro atoms. The van der Waals surface area contributed by atoms with Crippen LogP contribution in [0.1, 0.15) is 15.9 Å². The molecule has 0 fully saturated rings. The van der Waals surface area contributed by atoms with Crippen molar-refractivity contribution in [2.75, 3.05) is 0 Å². The van der Waals surface area contributed by atoms with Gasteiger partial charge < -0.3 is 5.11 Å². The number of carbonyl (C=O) groups is 1. The van der Waals surface area contributed by atoms with Crippen molar-refractivity contribution >= 4 is 79.9 Å². The van der Waals surface area contributed by atoms with Crippen molar-refractivity contribution in [3.63, 3.8) is 0 Å². The van der Waals surface area contributed by atoms with Gasteiger partial charge in [-0.25, -0.2) is 5.43 Å². The molecule has 2 aromatic carbocycles. The highest BCUT2D eigenvalue weighted by Gasteiger charge is 2.06. The van der Waals surface area contributed by atoms with E-state index in [2.05, 4.69) is 55.7 Å². The minimum atomic E-state index is -0.289. The van der Waals surface area contributed by atoms with Gasteiger partial charge in [0.25, 0.3) is 5.91 Å². The predicted octanol–water partition coefficient (Wildman–Crippen LogP) is 3.97. The maximum Gasteiger partial charge on any atom is 0.271 e. The Bertz CT molecular complexity index is 700. The summed E-state index contributed by atoms with van der Waals surface area (Å²) in [5, 5.41) is 13.8. The molecule has 0 heterocycles. The number of phenolic OH excluding ortho intramolecular Hbond substituents is 1. The molecule has 0 bridgehead atoms. The number of aromatic hydroxyl groups is 1. The second-order valence-corrected chi connectivity index (χ2v) is 7.68. The van der Waals surface area contributed by atoms with Crippen LogP contribution < -0.4 is 5.43 Å². The van der Waals surface area contributed by atoms with E-state index in [0.717, 1.165) is 10.7 Å². The van der Waals surface area contributed by atoms with Crippen molar-refractivity contribution in [2.45, 2.75) is 0 Å². The monoisotopic (exact) mass is 618 g/mol. The largest absolute Gasteiger partial charge is 0.506 e. The average molecular weight is 618 g/mol. The molecule has 2 N–H and O–H groups in total. The van der Waals surface area contributed by atoms with Crippen LogP contribution in [0.2, 0.25) is 0 Å². The Morgan fingerprint density at radius 1 is 1.10 bits per heavy atom. The number of benzene rings is 2. The van der Waals surface area contributed by atoms with E-state index >= 15 is 0 Å². The molecule has 0 radical (unpaired) electrons. The second-order valence-electron chi connectivity index (χ2n) is 4.03. The lowest BCUT2D eigenvalue weighted by Crippen LogP contribution is -2.17. The summed E-state index contributed by atoms with van der Waals surface area (Å²) in [6.45, 7) is 0. The summed E-state index contributed by atoms with van der Waals surface area (Å²) in [4.78, 5) is 11.9. The highest BCUT2D eigenvalue weighted by atomic mass is 127. The van der Waals surface area contributed by atoms with Crippen LogP contribution in [0.5, 0.6) is 5.75 Å². The van der Waals surface area contributed by atoms with Crippen LogP contribution in [0, 0.1) is 10.7 Å². The molecule has 0 saturated carbocycles. The van der Waals surface area contributed by atoms with E-state index in [1.807, 2.05) is 40.8 Å². The average Bonchev–Trinajstić information content (AvgIpc) is 2.44. The molecule has 0 aliphatic rings. The fourth-order valence-electron chi connectivity index (χ4n) is 1.51. The molecule has 108 valence electrons. The van der Waals surface area contributed by atoms with E-state index < -0.39 is 0 Å². The van der Waals surface area contributed by atoms with Crippen LogP contribution >= 0.6 is 67.8 Å². The lowest BCUT2D eigenvalue weighted by Gasteiger charge is -2.03. The molecule has 0 unspecified atom stereocenters. The minimum absolute atomic E-state index is 0.156. The van der Waals surface area contributed by atoms with Gasteiger partial charge >= 0.3 is 0 Å². The topological polar surface area (TPSA) is 61.7 Å². The molecular formula is C14H9I3N2O2. The molecule has 0 atom stereocenters. The van der Waals surface area contributed by atoms with Crippen molar-refractivity contribution in [1.29, 1.82) is 0 Å². The number of hydrogen-bond donors (Lipinski definition) is 2. The van der Waals surface area contributed by atoms with Crippen molar-refractivity contribution < 1.29 is 9.90 Å². The number of hydrazone groups is 1. The molecule has 0 aliphatic carbocycles. The third kappa shape index (κ3) is 4.77. The first-order valence-corrected chi connectivity index (χ1v) is 8.98. The smallest absolute Gasteiger partial charge is 0.271 e. The summed E-state index contributed by atoms with van der Waals surface area (Å²) in [5.41, 5.74) is 3.55. The number of nitrogens with zero attached hydrogens (tertiary/aromatic N) is 1. The normalized spacial score (nSPS) is 10.8. The van der Waals surface area contributed by atoms with E-state index in [1.54, 1.807) is 18.2 Å². The van der Waals surface area contributed by atoms with Gasteiger partial charge in [0.05, 0.1) is 9.78 Å². The molecule has 0 aliphatic heterocycles. The van der Waals surface area contributed by atoms with Crippen LogP contribution in [0.25, 0.3) is 0 Å². The summed E-state index contributed by atoms with van der Waals surface area (Å²) in [6.07, 6.45) is 1.43. The molecule has 4 nitrogen and oxygen atoms in total. The maximum absolute atomic E-state index is 11.9. The SMILES string of the molecule is O=C(N/N=C\c1cc(I)cc(I)c1O)c1ccc(I)cc1. The van der Waals surface area contributed by atoms with Crippen LogP contribution in [0.15, 0.2) is 41.5 Å². The van der Waals surface area contributed by atoms with Crippen molar-refractivity contribution in [2.24, 2.45) is 5.10 Å². The summed E-state index contributed by atoms with van der Waals surface area (Å²) < 4.78 is 2.79. The Hall–Kier alpha value is -0.430. The second kappa shape index (κ2) is 7.72. The van der Waals surface area contributed by atoms with Gasteiger partial charge in [-0.15, -0.1) is 0 Å². The van der Waals surface area contributed by atoms with E-state index in [9.17, 15) is 9.90 Å². The zero-order valence-electron chi connectivity index (χ0n) is 10.5. The standard InChI is InChI=1S/C14H9I3N2O2/c15-10-3-1-8(2-4-10)14(21)19-18-7-9-5-11(16)6-12(17)13(9)20/h1-7,20H,(H,19,21)/b18-7-. The molecule has 2 rings (SSSR count). The van der Waals surface area contributed by atoms with E-state index in [1.165, 1.54) is 6.21 Å². The van der Waals surface area contributed by atoms with Crippen molar-refractivity contribution in [3.05, 3.63) is 58.2 Å². The first kappa shape index (κ1) is 16.9. The summed E-state index contributed by atoms with van der Waals surface area (Å²) in [5.74, 6) is -0.134. The van der Waals surface area contributed by atoms with E-state index in [0.29, 0.717) is 11.1 Å². The number of rotatable bonds is 3. The third-order valence-corrected chi connectivity index (χ3v) is 4.70. The number of nitrogens with one attached hydrogen (secondary N) is 1. The van der Waals surface area contributed by atoms with E-state index in [-0.39, 0.29) is 11.7 Å². The van der Waals surface area contributed by atoms with Crippen LogP contribution in [-0.2, 0) is 0 Å². The van der Waals surface area contributed by atoms with Crippen molar-refractivity contribution in [1.82, 2.24) is 5.43 Å². The van der Waals surface area contributed by atoms with Gasteiger partial charge in [-0.05, 0) is 104 Å². The summed E-state index contributed by atoms with van der Waals surface area (Å²) in [6, 6.07) is 10.8. The molecule has 1 amide bonds. The Kier molecular flexibility index (Phi) is 6.22. The number of carbonyl (C=O) groups excluding carboxylic acids is 1. The Balaban J connectivity index is 2.09. The molecule has 0 aromatic heterocycles. The number of halogens is 3. The first-order chi connectivity index (χ1) is 9.97. The number of hydrogen-bond acceptors (Lipinski definition) is 3. The quantitative estimate of drug-likeness (QED) is 0.311. The molecule has 0 saturated heterocycles. The Morgan fingerprint density at radius 3 is 2.43 bits per heavy atom. The van der Waals surface area contributed by atoms with Gasteiger partial charge in [0, 0.05) is 18.3 Å². The zero-order valence-corrected chi connectivity index (χ0v) is 17.0. The summed E-state index contributed by atoms with van der Waals surface area (Å²) >= 11 is 6.38. The molecule has 7 heteroatoms. The Labute approximate surface area is 162 Å². The lowest BCUT2D eigenvalue weighted by molar-refractivity contribution is 0.0955. The third-order valence-electron chi connectivity index (χ3n) is 2.53. The summed E-state index contributed by atoms with van der Waals surface area (Å²) in [7, 11) is 0. The van der Waals surface area contributed by atoms with Gasteiger partial charge in [-0.1, -0.05) is 0 Å². The van der Waals surface area contributed by atoms with Crippen molar-refractivity contribution in [3.8, 4) is 5.75 Å². The Morgan fingerprint density at radius 2 is 1.76 bits per heavy atom. The van der Waals surface area contributed by atoms with Crippen LogP contribution in [0.3, 0.4) is 0 Å². The van der Waals surface area contributed by atoms with Gasteiger partial charge in [-0.2, -0.15) is 5.10 Å². The number of amides is 1. The maximum atomic E-state index is 11.9. The molecule has 21 heavy (non-hydrogen) atoms. The zero-order chi connectivity index (χ0) is 15.4. The van der Waals surface area contributed by atoms with Gasteiger partial charge in [-0.3, -0.25) is 4.79 Å². The fraction of sp³-hybridized carbons (Fsp3) is 0. The van der Waals surface area contributed by atoms with Gasteiger partial charge in [0.2, 0.25) is 0 Å².